The molecule has 0 saturated heterocycles. The molecule has 0 unspecified atom stereocenters. The first-order chi connectivity index (χ1) is 7.76. The van der Waals surface area contributed by atoms with E-state index >= 15 is 0 Å². The van der Waals surface area contributed by atoms with Crippen LogP contribution in [-0.2, 0) is 4.74 Å². The summed E-state index contributed by atoms with van der Waals surface area (Å²) in [5.74, 6) is 0. The maximum absolute atomic E-state index is 11.6. The third-order valence-electron chi connectivity index (χ3n) is 2.17. The lowest BCUT2D eigenvalue weighted by Gasteiger charge is -2.24. The SMILES string of the molecule is C=CC[C@@H](O)CCCN(C)C(=O)OC(C)(C)C. The topological polar surface area (TPSA) is 49.8 Å². The van der Waals surface area contributed by atoms with E-state index in [4.69, 9.17) is 4.74 Å². The molecular formula is C13H25NO3. The Kier molecular flexibility index (Phi) is 6.88. The summed E-state index contributed by atoms with van der Waals surface area (Å²) in [6.07, 6.45) is 3.03. The third-order valence-corrected chi connectivity index (χ3v) is 2.17. The Labute approximate surface area is 104 Å². The number of amides is 1. The van der Waals surface area contributed by atoms with Gasteiger partial charge < -0.3 is 14.7 Å². The molecule has 0 bridgehead atoms. The van der Waals surface area contributed by atoms with Gasteiger partial charge in [-0.3, -0.25) is 0 Å². The van der Waals surface area contributed by atoms with Gasteiger partial charge in [0, 0.05) is 13.6 Å². The van der Waals surface area contributed by atoms with Crippen molar-refractivity contribution in [2.45, 2.75) is 51.7 Å². The van der Waals surface area contributed by atoms with Crippen LogP contribution in [0.5, 0.6) is 0 Å². The summed E-state index contributed by atoms with van der Waals surface area (Å²) in [5, 5.41) is 9.48. The Hall–Kier alpha value is -1.03. The van der Waals surface area contributed by atoms with Crippen molar-refractivity contribution in [3.05, 3.63) is 12.7 Å². The first kappa shape index (κ1) is 16.0. The fourth-order valence-electron chi connectivity index (χ4n) is 1.31. The molecule has 0 fully saturated rings. The highest BCUT2D eigenvalue weighted by Crippen LogP contribution is 2.10. The van der Waals surface area contributed by atoms with Gasteiger partial charge >= 0.3 is 6.09 Å². The van der Waals surface area contributed by atoms with Gasteiger partial charge in [-0.25, -0.2) is 4.79 Å². The standard InChI is InChI=1S/C13H25NO3/c1-6-8-11(15)9-7-10-14(5)12(16)17-13(2,3)4/h6,11,15H,1,7-10H2,2-5H3/t11-/m1/s1. The van der Waals surface area contributed by atoms with E-state index < -0.39 is 5.60 Å². The highest BCUT2D eigenvalue weighted by Gasteiger charge is 2.19. The van der Waals surface area contributed by atoms with Crippen molar-refractivity contribution in [1.82, 2.24) is 4.90 Å². The van der Waals surface area contributed by atoms with Gasteiger partial charge in [-0.1, -0.05) is 6.08 Å². The minimum Gasteiger partial charge on any atom is -0.444 e. The average Bonchev–Trinajstić information content (AvgIpc) is 2.15. The number of carbonyl (C=O) groups is 1. The number of nitrogens with zero attached hydrogens (tertiary/aromatic N) is 1. The van der Waals surface area contributed by atoms with Crippen molar-refractivity contribution in [3.8, 4) is 0 Å². The van der Waals surface area contributed by atoms with Crippen LogP contribution in [0, 0.1) is 0 Å². The maximum Gasteiger partial charge on any atom is 0.410 e. The summed E-state index contributed by atoms with van der Waals surface area (Å²) in [6.45, 7) is 9.67. The van der Waals surface area contributed by atoms with Crippen molar-refractivity contribution in [3.63, 3.8) is 0 Å². The second-order valence-electron chi connectivity index (χ2n) is 5.22. The zero-order chi connectivity index (χ0) is 13.5. The normalized spacial score (nSPS) is 13.0. The van der Waals surface area contributed by atoms with Crippen LogP contribution < -0.4 is 0 Å². The fraction of sp³-hybridized carbons (Fsp3) is 0.769. The van der Waals surface area contributed by atoms with E-state index in [-0.39, 0.29) is 12.2 Å². The minimum absolute atomic E-state index is 0.323. The van der Waals surface area contributed by atoms with Crippen molar-refractivity contribution in [1.29, 1.82) is 0 Å². The summed E-state index contributed by atoms with van der Waals surface area (Å²) < 4.78 is 5.21. The quantitative estimate of drug-likeness (QED) is 0.729. The summed E-state index contributed by atoms with van der Waals surface area (Å²) >= 11 is 0. The number of rotatable bonds is 6. The van der Waals surface area contributed by atoms with Crippen LogP contribution in [0.3, 0.4) is 0 Å². The predicted octanol–water partition coefficient (Wildman–Crippen LogP) is 2.57. The van der Waals surface area contributed by atoms with Crippen molar-refractivity contribution in [2.75, 3.05) is 13.6 Å². The zero-order valence-corrected chi connectivity index (χ0v) is 11.4. The molecule has 0 rings (SSSR count). The van der Waals surface area contributed by atoms with Crippen molar-refractivity contribution in [2.24, 2.45) is 0 Å². The molecule has 0 heterocycles. The Morgan fingerprint density at radius 1 is 1.53 bits per heavy atom. The Morgan fingerprint density at radius 3 is 2.59 bits per heavy atom. The van der Waals surface area contributed by atoms with Crippen LogP contribution in [0.15, 0.2) is 12.7 Å². The van der Waals surface area contributed by atoms with E-state index in [1.165, 1.54) is 4.90 Å². The number of aliphatic hydroxyl groups excluding tert-OH is 1. The van der Waals surface area contributed by atoms with Crippen LogP contribution in [0.2, 0.25) is 0 Å². The lowest BCUT2D eigenvalue weighted by Crippen LogP contribution is -2.34. The smallest absolute Gasteiger partial charge is 0.410 e. The zero-order valence-electron chi connectivity index (χ0n) is 11.4. The number of hydrogen-bond acceptors (Lipinski definition) is 3. The molecule has 0 spiro atoms. The lowest BCUT2D eigenvalue weighted by atomic mass is 10.1. The van der Waals surface area contributed by atoms with Gasteiger partial charge in [-0.15, -0.1) is 6.58 Å². The molecule has 0 aliphatic carbocycles. The first-order valence-corrected chi connectivity index (χ1v) is 5.99. The van der Waals surface area contributed by atoms with Crippen LogP contribution in [0.25, 0.3) is 0 Å². The molecule has 100 valence electrons. The van der Waals surface area contributed by atoms with Crippen molar-refractivity contribution < 1.29 is 14.6 Å². The van der Waals surface area contributed by atoms with E-state index in [1.54, 1.807) is 13.1 Å². The Balaban J connectivity index is 3.82. The molecular weight excluding hydrogens is 218 g/mol. The Bertz CT molecular complexity index is 246. The maximum atomic E-state index is 11.6. The van der Waals surface area contributed by atoms with E-state index in [1.807, 2.05) is 20.8 Å². The Morgan fingerprint density at radius 2 is 2.12 bits per heavy atom. The summed E-state index contributed by atoms with van der Waals surface area (Å²) in [7, 11) is 1.70. The molecule has 0 saturated carbocycles. The van der Waals surface area contributed by atoms with E-state index in [0.29, 0.717) is 19.4 Å². The fourth-order valence-corrected chi connectivity index (χ4v) is 1.31. The van der Waals surface area contributed by atoms with Gasteiger partial charge in [0.15, 0.2) is 0 Å². The van der Waals surface area contributed by atoms with Crippen LogP contribution in [0.4, 0.5) is 4.79 Å². The van der Waals surface area contributed by atoms with E-state index in [2.05, 4.69) is 6.58 Å². The molecule has 0 aromatic heterocycles. The highest BCUT2D eigenvalue weighted by molar-refractivity contribution is 5.67. The predicted molar refractivity (Wildman–Crippen MR) is 68.9 cm³/mol. The van der Waals surface area contributed by atoms with Crippen LogP contribution in [-0.4, -0.2) is 41.4 Å². The van der Waals surface area contributed by atoms with Gasteiger partial charge in [-0.2, -0.15) is 0 Å². The summed E-state index contributed by atoms with van der Waals surface area (Å²) in [5.41, 5.74) is -0.465. The minimum atomic E-state index is -0.465. The molecule has 1 N–H and O–H groups in total. The van der Waals surface area contributed by atoms with Crippen LogP contribution >= 0.6 is 0 Å². The van der Waals surface area contributed by atoms with Crippen molar-refractivity contribution >= 4 is 6.09 Å². The second kappa shape index (κ2) is 7.33. The molecule has 0 aromatic rings. The molecule has 0 aliphatic heterocycles. The molecule has 0 aromatic carbocycles. The molecule has 1 amide bonds. The van der Waals surface area contributed by atoms with Crippen LogP contribution in [0.1, 0.15) is 40.0 Å². The van der Waals surface area contributed by atoms with Gasteiger partial charge in [0.1, 0.15) is 5.60 Å². The number of ether oxygens (including phenoxy) is 1. The summed E-state index contributed by atoms with van der Waals surface area (Å²) in [6, 6.07) is 0. The monoisotopic (exact) mass is 243 g/mol. The average molecular weight is 243 g/mol. The molecule has 4 nitrogen and oxygen atoms in total. The van der Waals surface area contributed by atoms with Gasteiger partial charge in [0.25, 0.3) is 0 Å². The molecule has 1 atom stereocenters. The number of aliphatic hydroxyl groups is 1. The van der Waals surface area contributed by atoms with Gasteiger partial charge in [-0.05, 0) is 40.0 Å². The van der Waals surface area contributed by atoms with Gasteiger partial charge in [0.2, 0.25) is 0 Å². The highest BCUT2D eigenvalue weighted by atomic mass is 16.6. The van der Waals surface area contributed by atoms with E-state index in [9.17, 15) is 9.90 Å². The third kappa shape index (κ3) is 8.74. The largest absolute Gasteiger partial charge is 0.444 e. The molecule has 4 heteroatoms. The molecule has 0 radical (unpaired) electrons. The second-order valence-corrected chi connectivity index (χ2v) is 5.22. The lowest BCUT2D eigenvalue weighted by molar-refractivity contribution is 0.0289. The number of hydrogen-bond donors (Lipinski definition) is 1. The molecule has 0 aliphatic rings. The first-order valence-electron chi connectivity index (χ1n) is 5.99. The number of carbonyl (C=O) groups excluding carboxylic acids is 1. The molecule has 17 heavy (non-hydrogen) atoms. The van der Waals surface area contributed by atoms with E-state index in [0.717, 1.165) is 6.42 Å². The van der Waals surface area contributed by atoms with Gasteiger partial charge in [0.05, 0.1) is 6.10 Å². The summed E-state index contributed by atoms with van der Waals surface area (Å²) in [4.78, 5) is 13.1.